The highest BCUT2D eigenvalue weighted by atomic mass is 32.2. The normalized spacial score (nSPS) is 26.8. The van der Waals surface area contributed by atoms with Crippen molar-refractivity contribution in [2.75, 3.05) is 5.32 Å². The second-order valence-corrected chi connectivity index (χ2v) is 8.13. The molecule has 24 heavy (non-hydrogen) atoms. The molecule has 1 heterocycles. The van der Waals surface area contributed by atoms with E-state index in [1.807, 2.05) is 0 Å². The lowest BCUT2D eigenvalue weighted by atomic mass is 9.74. The van der Waals surface area contributed by atoms with Gasteiger partial charge in [-0.15, -0.1) is 0 Å². The molecule has 3 rings (SSSR count). The molecular weight excluding hydrogens is 340 g/mol. The number of alkyl halides is 2. The van der Waals surface area contributed by atoms with E-state index in [9.17, 15) is 22.0 Å². The predicted octanol–water partition coefficient (Wildman–Crippen LogP) is 2.13. The van der Waals surface area contributed by atoms with Crippen LogP contribution < -0.4 is 10.5 Å². The van der Waals surface area contributed by atoms with Gasteiger partial charge in [0.05, 0.1) is 0 Å². The highest BCUT2D eigenvalue weighted by Crippen LogP contribution is 2.50. The summed E-state index contributed by atoms with van der Waals surface area (Å²) in [6, 6.07) is 2.53. The van der Waals surface area contributed by atoms with Crippen molar-refractivity contribution in [3.05, 3.63) is 18.3 Å². The van der Waals surface area contributed by atoms with Crippen LogP contribution in [0.4, 0.5) is 14.5 Å². The van der Waals surface area contributed by atoms with Gasteiger partial charge in [0.15, 0.2) is 5.03 Å². The molecule has 2 atom stereocenters. The number of carbonyl (C=O) groups is 1. The maximum absolute atomic E-state index is 13.7. The average molecular weight is 359 g/mol. The van der Waals surface area contributed by atoms with Crippen molar-refractivity contribution in [2.24, 2.45) is 22.9 Å². The Morgan fingerprint density at radius 3 is 2.67 bits per heavy atom. The van der Waals surface area contributed by atoms with Gasteiger partial charge in [-0.1, -0.05) is 0 Å². The second kappa shape index (κ2) is 6.03. The standard InChI is InChI=1S/C15H19F2N3O3S/c16-15(17)5-3-11(9-1-2-9)12(8-15)14(21)20-10-4-6-19-13(7-10)24(18,22)23/h4,6-7,9,11-12H,1-3,5,8H2,(H2,18,22,23)(H,19,20,21)/t11-,12+/m0/s1. The van der Waals surface area contributed by atoms with Gasteiger partial charge in [-0.3, -0.25) is 4.79 Å². The molecular formula is C15H19F2N3O3S. The highest BCUT2D eigenvalue weighted by Gasteiger charge is 2.49. The Bertz CT molecular complexity index is 750. The van der Waals surface area contributed by atoms with E-state index in [-0.39, 0.29) is 23.1 Å². The Labute approximate surface area is 138 Å². The number of nitrogens with zero attached hydrogens (tertiary/aromatic N) is 1. The van der Waals surface area contributed by atoms with Crippen molar-refractivity contribution in [1.82, 2.24) is 4.98 Å². The monoisotopic (exact) mass is 359 g/mol. The minimum Gasteiger partial charge on any atom is -0.326 e. The molecule has 132 valence electrons. The van der Waals surface area contributed by atoms with E-state index in [0.29, 0.717) is 12.3 Å². The van der Waals surface area contributed by atoms with Crippen molar-refractivity contribution in [2.45, 2.75) is 43.1 Å². The van der Waals surface area contributed by atoms with Crippen LogP contribution in [0.25, 0.3) is 0 Å². The van der Waals surface area contributed by atoms with Gasteiger partial charge in [0.2, 0.25) is 11.8 Å². The molecule has 0 aliphatic heterocycles. The number of carbonyl (C=O) groups excluding carboxylic acids is 1. The summed E-state index contributed by atoms with van der Waals surface area (Å²) in [5.41, 5.74) is 0.183. The van der Waals surface area contributed by atoms with E-state index in [4.69, 9.17) is 5.14 Å². The molecule has 0 radical (unpaired) electrons. The average Bonchev–Trinajstić information content (AvgIpc) is 3.30. The van der Waals surface area contributed by atoms with Crippen LogP contribution in [0.1, 0.15) is 32.1 Å². The first-order valence-corrected chi connectivity index (χ1v) is 9.38. The molecule has 0 aromatic carbocycles. The third kappa shape index (κ3) is 3.89. The summed E-state index contributed by atoms with van der Waals surface area (Å²) in [4.78, 5) is 16.1. The zero-order valence-electron chi connectivity index (χ0n) is 12.9. The number of nitrogens with two attached hydrogens (primary N) is 1. The molecule has 6 nitrogen and oxygen atoms in total. The van der Waals surface area contributed by atoms with Crippen molar-refractivity contribution in [3.63, 3.8) is 0 Å². The molecule has 2 aliphatic carbocycles. The summed E-state index contributed by atoms with van der Waals surface area (Å²) in [5.74, 6) is -3.80. The number of halogens is 2. The first-order chi connectivity index (χ1) is 11.2. The number of pyridine rings is 1. The van der Waals surface area contributed by atoms with Crippen LogP contribution in [-0.2, 0) is 14.8 Å². The van der Waals surface area contributed by atoms with E-state index in [1.165, 1.54) is 12.3 Å². The molecule has 1 aromatic heterocycles. The van der Waals surface area contributed by atoms with Crippen LogP contribution in [-0.4, -0.2) is 25.2 Å². The van der Waals surface area contributed by atoms with Crippen molar-refractivity contribution < 1.29 is 22.0 Å². The highest BCUT2D eigenvalue weighted by molar-refractivity contribution is 7.89. The minimum absolute atomic E-state index is 0.0378. The van der Waals surface area contributed by atoms with Crippen molar-refractivity contribution >= 4 is 21.6 Å². The molecule has 0 saturated heterocycles. The molecule has 2 aliphatic rings. The summed E-state index contributed by atoms with van der Waals surface area (Å²) >= 11 is 0. The number of primary sulfonamides is 1. The largest absolute Gasteiger partial charge is 0.326 e. The number of nitrogens with one attached hydrogen (secondary N) is 1. The fourth-order valence-electron chi connectivity index (χ4n) is 3.41. The number of hydrogen-bond acceptors (Lipinski definition) is 4. The lowest BCUT2D eigenvalue weighted by Gasteiger charge is -2.35. The molecule has 0 bridgehead atoms. The van der Waals surface area contributed by atoms with Crippen molar-refractivity contribution in [1.29, 1.82) is 0 Å². The minimum atomic E-state index is -4.00. The first-order valence-electron chi connectivity index (χ1n) is 7.83. The summed E-state index contributed by atoms with van der Waals surface area (Å²) in [5, 5.41) is 7.16. The van der Waals surface area contributed by atoms with Crippen LogP contribution in [0.15, 0.2) is 23.4 Å². The molecule has 1 amide bonds. The van der Waals surface area contributed by atoms with E-state index in [1.54, 1.807) is 0 Å². The number of hydrogen-bond donors (Lipinski definition) is 2. The number of sulfonamides is 1. The summed E-state index contributed by atoms with van der Waals surface area (Å²) in [7, 11) is -4.00. The van der Waals surface area contributed by atoms with Crippen LogP contribution in [0.2, 0.25) is 0 Å². The summed E-state index contributed by atoms with van der Waals surface area (Å²) < 4.78 is 50.1. The lowest BCUT2D eigenvalue weighted by molar-refractivity contribution is -0.132. The first kappa shape index (κ1) is 17.2. The fraction of sp³-hybridized carbons (Fsp3) is 0.600. The second-order valence-electron chi connectivity index (χ2n) is 6.62. The van der Waals surface area contributed by atoms with Crippen LogP contribution >= 0.6 is 0 Å². The summed E-state index contributed by atoms with van der Waals surface area (Å²) in [6.45, 7) is 0. The van der Waals surface area contributed by atoms with Gasteiger partial charge >= 0.3 is 0 Å². The van der Waals surface area contributed by atoms with Gasteiger partial charge in [-0.05, 0) is 37.2 Å². The van der Waals surface area contributed by atoms with E-state index >= 15 is 0 Å². The SMILES string of the molecule is NS(=O)(=O)c1cc(NC(=O)[C@@H]2CC(F)(F)CC[C@H]2C2CC2)ccn1. The zero-order valence-corrected chi connectivity index (χ0v) is 13.7. The Balaban J connectivity index is 1.77. The lowest BCUT2D eigenvalue weighted by Crippen LogP contribution is -2.40. The molecule has 0 spiro atoms. The molecule has 9 heteroatoms. The maximum Gasteiger partial charge on any atom is 0.255 e. The van der Waals surface area contributed by atoms with Crippen LogP contribution in [0.5, 0.6) is 0 Å². The van der Waals surface area contributed by atoms with E-state index in [2.05, 4.69) is 10.3 Å². The fourth-order valence-corrected chi connectivity index (χ4v) is 3.91. The quantitative estimate of drug-likeness (QED) is 0.859. The van der Waals surface area contributed by atoms with Gasteiger partial charge < -0.3 is 5.32 Å². The molecule has 0 unspecified atom stereocenters. The predicted molar refractivity (Wildman–Crippen MR) is 82.7 cm³/mol. The van der Waals surface area contributed by atoms with E-state index in [0.717, 1.165) is 18.9 Å². The zero-order chi connectivity index (χ0) is 17.5. The Morgan fingerprint density at radius 2 is 2.04 bits per heavy atom. The number of aromatic nitrogens is 1. The molecule has 3 N–H and O–H groups in total. The Morgan fingerprint density at radius 1 is 1.33 bits per heavy atom. The Kier molecular flexibility index (Phi) is 4.33. The number of rotatable bonds is 4. The topological polar surface area (TPSA) is 102 Å². The Hall–Kier alpha value is -1.61. The maximum atomic E-state index is 13.7. The van der Waals surface area contributed by atoms with Gasteiger partial charge in [0.25, 0.3) is 10.0 Å². The third-order valence-corrected chi connectivity index (χ3v) is 5.54. The van der Waals surface area contributed by atoms with E-state index < -0.39 is 34.2 Å². The van der Waals surface area contributed by atoms with Gasteiger partial charge in [-0.2, -0.15) is 0 Å². The molecule has 1 aromatic rings. The van der Waals surface area contributed by atoms with Gasteiger partial charge in [0, 0.05) is 36.7 Å². The smallest absolute Gasteiger partial charge is 0.255 e. The molecule has 2 saturated carbocycles. The van der Waals surface area contributed by atoms with Gasteiger partial charge in [-0.25, -0.2) is 27.3 Å². The van der Waals surface area contributed by atoms with Gasteiger partial charge in [0.1, 0.15) is 0 Å². The number of anilines is 1. The molecule has 2 fully saturated rings. The number of amides is 1. The van der Waals surface area contributed by atoms with Crippen LogP contribution in [0.3, 0.4) is 0 Å². The summed E-state index contributed by atoms with van der Waals surface area (Å²) in [6.07, 6.45) is 2.85. The van der Waals surface area contributed by atoms with Crippen molar-refractivity contribution in [3.8, 4) is 0 Å². The third-order valence-electron chi connectivity index (χ3n) is 4.74. The van der Waals surface area contributed by atoms with Crippen LogP contribution in [0, 0.1) is 17.8 Å².